The highest BCUT2D eigenvalue weighted by Gasteiger charge is 2.38. The number of nitrogens with two attached hydrogens (primary N) is 1. The maximum atomic E-state index is 11.4. The van der Waals surface area contributed by atoms with Gasteiger partial charge in [0.1, 0.15) is 0 Å². The minimum Gasteiger partial charge on any atom is -0.475 e. The second-order valence-electron chi connectivity index (χ2n) is 8.72. The molecule has 1 amide bonds. The van der Waals surface area contributed by atoms with Crippen LogP contribution in [-0.4, -0.2) is 41.1 Å². The summed E-state index contributed by atoms with van der Waals surface area (Å²) in [7, 11) is 0. The number of amides is 1. The molecule has 0 spiro atoms. The molecule has 0 radical (unpaired) electrons. The third kappa shape index (κ3) is 7.05. The first kappa shape index (κ1) is 24.8. The van der Waals surface area contributed by atoms with E-state index in [1.807, 2.05) is 18.2 Å². The number of primary amides is 1. The van der Waals surface area contributed by atoms with Gasteiger partial charge in [0, 0.05) is 25.2 Å². The van der Waals surface area contributed by atoms with Crippen LogP contribution in [-0.2, 0) is 17.8 Å². The standard InChI is InChI=1S/C23H28N2O.C2HF3O2/c24-23(26)21-8-4-7-18(14-21)19-9-10-22-16-25(12-11-20(22)13-19)15-17-5-2-1-3-6-17;3-2(4,5)1(6)7/h4,7-10,13-14,17H,1-3,5-6,11-12,15-16H2,(H2,24,26);(H,6,7). The molecule has 1 heterocycles. The lowest BCUT2D eigenvalue weighted by Crippen LogP contribution is -2.35. The lowest BCUT2D eigenvalue weighted by molar-refractivity contribution is -0.192. The number of fused-ring (bicyclic) bond motifs is 1. The number of halogens is 3. The number of carboxylic acids is 1. The van der Waals surface area contributed by atoms with Gasteiger partial charge in [-0.05, 0) is 59.6 Å². The van der Waals surface area contributed by atoms with E-state index >= 15 is 0 Å². The molecule has 4 rings (SSSR count). The lowest BCUT2D eigenvalue weighted by atomic mass is 9.88. The van der Waals surface area contributed by atoms with Gasteiger partial charge in [0.05, 0.1) is 0 Å². The van der Waals surface area contributed by atoms with Gasteiger partial charge >= 0.3 is 12.1 Å². The number of nitrogens with zero attached hydrogens (tertiary/aromatic N) is 1. The minimum absolute atomic E-state index is 0.372. The summed E-state index contributed by atoms with van der Waals surface area (Å²) in [4.78, 5) is 23.0. The molecule has 2 aromatic rings. The summed E-state index contributed by atoms with van der Waals surface area (Å²) < 4.78 is 31.7. The monoisotopic (exact) mass is 462 g/mol. The van der Waals surface area contributed by atoms with Crippen LogP contribution in [0.4, 0.5) is 13.2 Å². The summed E-state index contributed by atoms with van der Waals surface area (Å²) in [6.45, 7) is 3.50. The summed E-state index contributed by atoms with van der Waals surface area (Å²) in [6.07, 6.45) is 3.13. The van der Waals surface area contributed by atoms with Crippen molar-refractivity contribution in [1.29, 1.82) is 0 Å². The van der Waals surface area contributed by atoms with Crippen molar-refractivity contribution in [3.63, 3.8) is 0 Å². The Balaban J connectivity index is 0.000000383. The van der Waals surface area contributed by atoms with E-state index in [0.717, 1.165) is 31.0 Å². The highest BCUT2D eigenvalue weighted by atomic mass is 19.4. The molecule has 33 heavy (non-hydrogen) atoms. The average molecular weight is 463 g/mol. The molecule has 1 fully saturated rings. The van der Waals surface area contributed by atoms with Gasteiger partial charge in [-0.15, -0.1) is 0 Å². The molecule has 5 nitrogen and oxygen atoms in total. The van der Waals surface area contributed by atoms with Gasteiger partial charge in [0.15, 0.2) is 0 Å². The van der Waals surface area contributed by atoms with Gasteiger partial charge in [-0.3, -0.25) is 9.69 Å². The van der Waals surface area contributed by atoms with E-state index in [-0.39, 0.29) is 5.91 Å². The zero-order valence-electron chi connectivity index (χ0n) is 18.4. The molecule has 0 saturated heterocycles. The zero-order chi connectivity index (χ0) is 24.0. The van der Waals surface area contributed by atoms with Crippen LogP contribution in [0, 0.1) is 5.92 Å². The summed E-state index contributed by atoms with van der Waals surface area (Å²) in [6, 6.07) is 14.4. The number of alkyl halides is 3. The van der Waals surface area contributed by atoms with Crippen molar-refractivity contribution in [3.8, 4) is 11.1 Å². The maximum Gasteiger partial charge on any atom is 0.490 e. The van der Waals surface area contributed by atoms with E-state index in [1.165, 1.54) is 55.3 Å². The van der Waals surface area contributed by atoms with Crippen LogP contribution in [0.15, 0.2) is 42.5 Å². The normalized spacial score (nSPS) is 16.9. The lowest BCUT2D eigenvalue weighted by Gasteiger charge is -2.33. The van der Waals surface area contributed by atoms with Crippen molar-refractivity contribution in [3.05, 3.63) is 59.2 Å². The number of hydrogen-bond acceptors (Lipinski definition) is 3. The van der Waals surface area contributed by atoms with E-state index < -0.39 is 12.1 Å². The average Bonchev–Trinajstić information content (AvgIpc) is 2.79. The van der Waals surface area contributed by atoms with Crippen LogP contribution >= 0.6 is 0 Å². The Hall–Kier alpha value is -2.87. The molecule has 1 aliphatic carbocycles. The molecule has 0 bridgehead atoms. The fraction of sp³-hybridized carbons (Fsp3) is 0.440. The van der Waals surface area contributed by atoms with Crippen LogP contribution in [0.2, 0.25) is 0 Å². The molecule has 0 aromatic heterocycles. The molecule has 2 aliphatic rings. The van der Waals surface area contributed by atoms with E-state index in [0.29, 0.717) is 5.56 Å². The van der Waals surface area contributed by atoms with Crippen molar-refractivity contribution >= 4 is 11.9 Å². The highest BCUT2D eigenvalue weighted by Crippen LogP contribution is 2.29. The minimum atomic E-state index is -5.08. The van der Waals surface area contributed by atoms with Crippen molar-refractivity contribution in [2.45, 2.75) is 51.2 Å². The summed E-state index contributed by atoms with van der Waals surface area (Å²) in [5, 5.41) is 7.12. The second-order valence-corrected chi connectivity index (χ2v) is 8.72. The third-order valence-corrected chi connectivity index (χ3v) is 6.26. The number of rotatable bonds is 4. The molecule has 0 unspecified atom stereocenters. The van der Waals surface area contributed by atoms with Crippen LogP contribution < -0.4 is 5.73 Å². The highest BCUT2D eigenvalue weighted by molar-refractivity contribution is 5.94. The number of hydrogen-bond donors (Lipinski definition) is 2. The van der Waals surface area contributed by atoms with Crippen molar-refractivity contribution in [2.24, 2.45) is 11.7 Å². The summed E-state index contributed by atoms with van der Waals surface area (Å²) >= 11 is 0. The number of carboxylic acid groups (broad SMARTS) is 1. The van der Waals surface area contributed by atoms with Gasteiger partial charge in [0.25, 0.3) is 0 Å². The molecule has 1 aliphatic heterocycles. The molecular weight excluding hydrogens is 433 g/mol. The summed E-state index contributed by atoms with van der Waals surface area (Å²) in [5.74, 6) is -2.23. The van der Waals surface area contributed by atoms with Crippen LogP contribution in [0.5, 0.6) is 0 Å². The van der Waals surface area contributed by atoms with Gasteiger partial charge in [0.2, 0.25) is 5.91 Å². The summed E-state index contributed by atoms with van der Waals surface area (Å²) in [5.41, 5.74) is 11.1. The zero-order valence-corrected chi connectivity index (χ0v) is 18.4. The molecule has 0 atom stereocenters. The van der Waals surface area contributed by atoms with Crippen LogP contribution in [0.25, 0.3) is 11.1 Å². The SMILES string of the molecule is NC(=O)c1cccc(-c2ccc3c(c2)CCN(CC2CCCCC2)C3)c1.O=C(O)C(F)(F)F. The number of aliphatic carboxylic acids is 1. The first-order valence-corrected chi connectivity index (χ1v) is 11.2. The van der Waals surface area contributed by atoms with Crippen molar-refractivity contribution < 1.29 is 27.9 Å². The third-order valence-electron chi connectivity index (χ3n) is 6.26. The van der Waals surface area contributed by atoms with Crippen molar-refractivity contribution in [2.75, 3.05) is 13.1 Å². The Morgan fingerprint density at radius 1 is 1.00 bits per heavy atom. The van der Waals surface area contributed by atoms with E-state index in [9.17, 15) is 18.0 Å². The topological polar surface area (TPSA) is 83.6 Å². The predicted molar refractivity (Wildman–Crippen MR) is 120 cm³/mol. The quantitative estimate of drug-likeness (QED) is 0.668. The van der Waals surface area contributed by atoms with Gasteiger partial charge in [-0.1, -0.05) is 49.6 Å². The number of carbonyl (C=O) groups is 2. The van der Waals surface area contributed by atoms with E-state index in [1.54, 1.807) is 6.07 Å². The molecule has 8 heteroatoms. The number of carbonyl (C=O) groups excluding carboxylic acids is 1. The predicted octanol–water partition coefficient (Wildman–Crippen LogP) is 5.02. The first-order chi connectivity index (χ1) is 15.6. The molecule has 178 valence electrons. The Morgan fingerprint density at radius 3 is 2.30 bits per heavy atom. The molecular formula is C25H29F3N2O3. The Kier molecular flexibility index (Phi) is 8.13. The van der Waals surface area contributed by atoms with Crippen LogP contribution in [0.3, 0.4) is 0 Å². The first-order valence-electron chi connectivity index (χ1n) is 11.2. The largest absolute Gasteiger partial charge is 0.490 e. The Labute approximate surface area is 191 Å². The fourth-order valence-corrected chi connectivity index (χ4v) is 4.53. The molecule has 1 saturated carbocycles. The van der Waals surface area contributed by atoms with Gasteiger partial charge < -0.3 is 10.8 Å². The second kappa shape index (κ2) is 10.8. The fourth-order valence-electron chi connectivity index (χ4n) is 4.53. The van der Waals surface area contributed by atoms with Gasteiger partial charge in [-0.25, -0.2) is 4.79 Å². The van der Waals surface area contributed by atoms with Crippen LogP contribution in [0.1, 0.15) is 53.6 Å². The van der Waals surface area contributed by atoms with Gasteiger partial charge in [-0.2, -0.15) is 13.2 Å². The van der Waals surface area contributed by atoms with E-state index in [4.69, 9.17) is 15.6 Å². The van der Waals surface area contributed by atoms with Crippen molar-refractivity contribution in [1.82, 2.24) is 4.90 Å². The van der Waals surface area contributed by atoms with E-state index in [2.05, 4.69) is 23.1 Å². The smallest absolute Gasteiger partial charge is 0.475 e. The number of benzene rings is 2. The Morgan fingerprint density at radius 2 is 1.67 bits per heavy atom. The Bertz CT molecular complexity index is 985. The molecule has 2 aromatic carbocycles. The molecule has 3 N–H and O–H groups in total. The maximum absolute atomic E-state index is 11.4.